The number of aliphatic hydroxyl groups excluding tert-OH is 1. The van der Waals surface area contributed by atoms with Gasteiger partial charge in [0.2, 0.25) is 0 Å². The largest absolute Gasteiger partial charge is 0.416 e. The van der Waals surface area contributed by atoms with Crippen LogP contribution in [-0.2, 0) is 6.18 Å². The summed E-state index contributed by atoms with van der Waals surface area (Å²) in [4.78, 5) is 17.6. The number of hydrogen-bond acceptors (Lipinski definition) is 4. The Morgan fingerprint density at radius 3 is 2.50 bits per heavy atom. The fourth-order valence-electron chi connectivity index (χ4n) is 3.40. The number of aromatic nitrogens is 2. The first kappa shape index (κ1) is 18.9. The number of aliphatic hydroxyl groups is 1. The van der Waals surface area contributed by atoms with Gasteiger partial charge >= 0.3 is 6.18 Å². The molecule has 5 nitrogen and oxygen atoms in total. The Balaban J connectivity index is 1.54. The maximum atomic E-state index is 12.7. The molecule has 0 bridgehead atoms. The van der Waals surface area contributed by atoms with Gasteiger partial charge in [-0.3, -0.25) is 9.20 Å². The average Bonchev–Trinajstić information content (AvgIpc) is 3.23. The number of amides is 1. The van der Waals surface area contributed by atoms with Gasteiger partial charge in [0, 0.05) is 23.2 Å². The van der Waals surface area contributed by atoms with Gasteiger partial charge in [-0.25, -0.2) is 4.98 Å². The summed E-state index contributed by atoms with van der Waals surface area (Å²) in [6, 6.07) is 4.83. The first-order chi connectivity index (χ1) is 13.3. The fourth-order valence-corrected chi connectivity index (χ4v) is 4.25. The summed E-state index contributed by atoms with van der Waals surface area (Å²) in [6.07, 6.45) is -0.190. The van der Waals surface area contributed by atoms with Gasteiger partial charge < -0.3 is 10.4 Å². The first-order valence-corrected chi connectivity index (χ1v) is 9.82. The van der Waals surface area contributed by atoms with Crippen LogP contribution >= 0.6 is 11.3 Å². The second kappa shape index (κ2) is 7.21. The molecular formula is C19H18F3N3O2S. The minimum atomic E-state index is -4.38. The van der Waals surface area contributed by atoms with Crippen molar-refractivity contribution in [3.8, 4) is 11.3 Å². The summed E-state index contributed by atoms with van der Waals surface area (Å²) in [5.74, 6) is -0.219. The zero-order valence-corrected chi connectivity index (χ0v) is 15.6. The maximum Gasteiger partial charge on any atom is 0.416 e. The lowest BCUT2D eigenvalue weighted by molar-refractivity contribution is -0.137. The number of benzene rings is 1. The molecule has 1 amide bonds. The molecule has 148 valence electrons. The molecule has 3 aromatic rings. The third-order valence-corrected chi connectivity index (χ3v) is 5.82. The number of hydrogen-bond donors (Lipinski definition) is 2. The first-order valence-electron chi connectivity index (χ1n) is 8.94. The van der Waals surface area contributed by atoms with Gasteiger partial charge in [0.1, 0.15) is 5.69 Å². The maximum absolute atomic E-state index is 12.7. The molecule has 0 aliphatic heterocycles. The van der Waals surface area contributed by atoms with Gasteiger partial charge in [0.25, 0.3) is 5.91 Å². The molecular weight excluding hydrogens is 391 g/mol. The van der Waals surface area contributed by atoms with Gasteiger partial charge in [0.15, 0.2) is 4.96 Å². The lowest BCUT2D eigenvalue weighted by atomic mass is 9.93. The summed E-state index contributed by atoms with van der Waals surface area (Å²) in [5.41, 5.74) is 0.790. The molecule has 2 aromatic heterocycles. The van der Waals surface area contributed by atoms with Crippen molar-refractivity contribution in [1.82, 2.24) is 14.7 Å². The minimum absolute atomic E-state index is 0.0313. The van der Waals surface area contributed by atoms with Crippen LogP contribution in [0.4, 0.5) is 13.2 Å². The topological polar surface area (TPSA) is 66.6 Å². The van der Waals surface area contributed by atoms with Gasteiger partial charge in [-0.2, -0.15) is 13.2 Å². The van der Waals surface area contributed by atoms with Crippen LogP contribution in [0, 0.1) is 0 Å². The van der Waals surface area contributed by atoms with Gasteiger partial charge in [-0.05, 0) is 37.8 Å². The van der Waals surface area contributed by atoms with Crippen LogP contribution in [0.1, 0.15) is 41.7 Å². The molecule has 1 saturated carbocycles. The van der Waals surface area contributed by atoms with Crippen LogP contribution in [0.5, 0.6) is 0 Å². The number of alkyl halides is 3. The van der Waals surface area contributed by atoms with E-state index >= 15 is 0 Å². The number of rotatable bonds is 3. The zero-order chi connectivity index (χ0) is 19.9. The number of carbonyl (C=O) groups excluding carboxylic acids is 1. The van der Waals surface area contributed by atoms with Crippen LogP contribution in [-0.4, -0.2) is 32.5 Å². The number of imidazole rings is 1. The molecule has 0 unspecified atom stereocenters. The number of fused-ring (bicyclic) bond motifs is 1. The van der Waals surface area contributed by atoms with Crippen molar-refractivity contribution >= 4 is 22.2 Å². The van der Waals surface area contributed by atoms with Crippen molar-refractivity contribution in [2.24, 2.45) is 0 Å². The van der Waals surface area contributed by atoms with Crippen molar-refractivity contribution in [1.29, 1.82) is 0 Å². The summed E-state index contributed by atoms with van der Waals surface area (Å²) in [7, 11) is 0. The molecule has 1 fully saturated rings. The third-order valence-electron chi connectivity index (χ3n) is 4.98. The van der Waals surface area contributed by atoms with Crippen LogP contribution in [0.15, 0.2) is 35.8 Å². The van der Waals surface area contributed by atoms with Crippen molar-refractivity contribution in [3.05, 3.63) is 47.1 Å². The molecule has 0 saturated heterocycles. The number of nitrogens with one attached hydrogen (secondary N) is 1. The smallest absolute Gasteiger partial charge is 0.393 e. The zero-order valence-electron chi connectivity index (χ0n) is 14.7. The van der Waals surface area contributed by atoms with Crippen molar-refractivity contribution in [2.75, 3.05) is 0 Å². The second-order valence-corrected chi connectivity index (χ2v) is 7.79. The van der Waals surface area contributed by atoms with E-state index in [1.54, 1.807) is 16.0 Å². The summed E-state index contributed by atoms with van der Waals surface area (Å²) >= 11 is 1.30. The predicted octanol–water partition coefficient (Wildman–Crippen LogP) is 4.11. The summed E-state index contributed by atoms with van der Waals surface area (Å²) in [5, 5.41) is 14.3. The molecule has 9 heteroatoms. The van der Waals surface area contributed by atoms with E-state index in [1.807, 2.05) is 0 Å². The summed E-state index contributed by atoms with van der Waals surface area (Å²) < 4.78 is 39.8. The molecule has 2 heterocycles. The lowest BCUT2D eigenvalue weighted by Gasteiger charge is -2.25. The van der Waals surface area contributed by atoms with Crippen LogP contribution in [0.3, 0.4) is 0 Å². The number of thiazole rings is 1. The normalized spacial score (nSPS) is 20.4. The predicted molar refractivity (Wildman–Crippen MR) is 99.2 cm³/mol. The second-order valence-electron chi connectivity index (χ2n) is 6.95. The molecule has 1 aromatic carbocycles. The van der Waals surface area contributed by atoms with Crippen LogP contribution < -0.4 is 5.32 Å². The molecule has 1 aliphatic carbocycles. The van der Waals surface area contributed by atoms with Gasteiger partial charge in [-0.15, -0.1) is 11.3 Å². The van der Waals surface area contributed by atoms with E-state index in [0.29, 0.717) is 34.8 Å². The number of carbonyl (C=O) groups is 1. The SMILES string of the molecule is O=C(NC1CCC(O)CC1)c1csc2nc(-c3ccc(C(F)(F)F)cc3)cn12. The van der Waals surface area contributed by atoms with E-state index in [9.17, 15) is 23.1 Å². The molecule has 0 atom stereocenters. The van der Waals surface area contributed by atoms with E-state index in [-0.39, 0.29) is 18.1 Å². The van der Waals surface area contributed by atoms with E-state index in [1.165, 1.54) is 23.5 Å². The van der Waals surface area contributed by atoms with E-state index < -0.39 is 11.7 Å². The summed E-state index contributed by atoms with van der Waals surface area (Å²) in [6.45, 7) is 0. The Morgan fingerprint density at radius 1 is 1.18 bits per heavy atom. The highest BCUT2D eigenvalue weighted by Gasteiger charge is 2.30. The highest BCUT2D eigenvalue weighted by atomic mass is 32.1. The molecule has 1 aliphatic rings. The van der Waals surface area contributed by atoms with E-state index in [0.717, 1.165) is 25.0 Å². The molecule has 0 spiro atoms. The standard InChI is InChI=1S/C19H18F3N3O2S/c20-19(21,22)12-3-1-11(2-4-12)15-9-25-16(10-28-18(25)24-15)17(27)23-13-5-7-14(26)8-6-13/h1-4,9-10,13-14,26H,5-8H2,(H,23,27). The van der Waals surface area contributed by atoms with Crippen LogP contribution in [0.25, 0.3) is 16.2 Å². The molecule has 28 heavy (non-hydrogen) atoms. The molecule has 4 rings (SSSR count). The van der Waals surface area contributed by atoms with Crippen molar-refractivity contribution < 1.29 is 23.1 Å². The Labute approximate surface area is 162 Å². The van der Waals surface area contributed by atoms with E-state index in [2.05, 4.69) is 10.3 Å². The quantitative estimate of drug-likeness (QED) is 0.684. The monoisotopic (exact) mass is 409 g/mol. The lowest BCUT2D eigenvalue weighted by Crippen LogP contribution is -2.38. The van der Waals surface area contributed by atoms with E-state index in [4.69, 9.17) is 0 Å². The van der Waals surface area contributed by atoms with Crippen molar-refractivity contribution in [2.45, 2.75) is 44.0 Å². The van der Waals surface area contributed by atoms with Gasteiger partial charge in [0.05, 0.1) is 17.4 Å². The third kappa shape index (κ3) is 3.77. The minimum Gasteiger partial charge on any atom is -0.393 e. The Hall–Kier alpha value is -2.39. The Bertz CT molecular complexity index is 986. The molecule has 2 N–H and O–H groups in total. The average molecular weight is 409 g/mol. The Morgan fingerprint density at radius 2 is 1.86 bits per heavy atom. The van der Waals surface area contributed by atoms with Crippen LogP contribution in [0.2, 0.25) is 0 Å². The van der Waals surface area contributed by atoms with Crippen molar-refractivity contribution in [3.63, 3.8) is 0 Å². The number of halogens is 3. The Kier molecular flexibility index (Phi) is 4.88. The number of nitrogens with zero attached hydrogens (tertiary/aromatic N) is 2. The molecule has 0 radical (unpaired) electrons. The van der Waals surface area contributed by atoms with Gasteiger partial charge in [-0.1, -0.05) is 12.1 Å². The fraction of sp³-hybridized carbons (Fsp3) is 0.368. The highest BCUT2D eigenvalue weighted by Crippen LogP contribution is 2.31. The highest BCUT2D eigenvalue weighted by molar-refractivity contribution is 7.15.